The molecule has 1 amide bonds. The molecule has 1 fully saturated rings. The first-order valence-electron chi connectivity index (χ1n) is 8.50. The van der Waals surface area contributed by atoms with Crippen LogP contribution >= 0.6 is 11.8 Å². The smallest absolute Gasteiger partial charge is 0.283 e. The number of thioether (sulfide) groups is 1. The van der Waals surface area contributed by atoms with Gasteiger partial charge in [0.25, 0.3) is 11.6 Å². The van der Waals surface area contributed by atoms with Gasteiger partial charge in [0, 0.05) is 17.9 Å². The second kappa shape index (κ2) is 9.94. The molecule has 0 spiro atoms. The number of nitrogens with one attached hydrogen (secondary N) is 1. The van der Waals surface area contributed by atoms with E-state index in [0.29, 0.717) is 16.2 Å². The van der Waals surface area contributed by atoms with Crippen molar-refractivity contribution in [1.29, 1.82) is 5.26 Å². The minimum Gasteiger partial charge on any atom is -0.396 e. The van der Waals surface area contributed by atoms with Gasteiger partial charge in [0.2, 0.25) is 0 Å². The number of nitro groups is 1. The molecule has 0 aromatic heterocycles. The predicted molar refractivity (Wildman–Crippen MR) is 99.5 cm³/mol. The molecule has 2 N–H and O–H groups in total. The van der Waals surface area contributed by atoms with E-state index in [0.717, 1.165) is 32.1 Å². The number of nitriles is 1. The van der Waals surface area contributed by atoms with Crippen LogP contribution in [0.25, 0.3) is 6.08 Å². The fourth-order valence-corrected chi connectivity index (χ4v) is 3.63. The Morgan fingerprint density at radius 1 is 1.42 bits per heavy atom. The van der Waals surface area contributed by atoms with Crippen molar-refractivity contribution in [3.8, 4) is 6.07 Å². The maximum absolute atomic E-state index is 12.3. The van der Waals surface area contributed by atoms with Crippen LogP contribution in [0.2, 0.25) is 0 Å². The molecular weight excluding hydrogens is 354 g/mol. The van der Waals surface area contributed by atoms with Crippen LogP contribution in [0.1, 0.15) is 37.7 Å². The highest BCUT2D eigenvalue weighted by Crippen LogP contribution is 2.30. The lowest BCUT2D eigenvalue weighted by atomic mass is 9.95. The molecule has 0 heterocycles. The van der Waals surface area contributed by atoms with Crippen LogP contribution in [0, 0.1) is 21.4 Å². The molecule has 1 aliphatic rings. The summed E-state index contributed by atoms with van der Waals surface area (Å²) in [5, 5.41) is 32.3. The molecule has 0 radical (unpaired) electrons. The molecule has 1 saturated carbocycles. The van der Waals surface area contributed by atoms with E-state index in [1.807, 2.05) is 6.07 Å². The van der Waals surface area contributed by atoms with E-state index in [-0.39, 0.29) is 23.9 Å². The van der Waals surface area contributed by atoms with Crippen LogP contribution in [0.3, 0.4) is 0 Å². The Labute approximate surface area is 156 Å². The molecule has 0 aliphatic heterocycles. The highest BCUT2D eigenvalue weighted by Gasteiger charge is 2.19. The normalized spacial score (nSPS) is 15.3. The van der Waals surface area contributed by atoms with Crippen molar-refractivity contribution in [1.82, 2.24) is 5.32 Å². The van der Waals surface area contributed by atoms with E-state index in [2.05, 4.69) is 5.32 Å². The van der Waals surface area contributed by atoms with Gasteiger partial charge in [-0.05, 0) is 30.5 Å². The average Bonchev–Trinajstić information content (AvgIpc) is 2.65. The first kappa shape index (κ1) is 19.9. The Morgan fingerprint density at radius 2 is 2.15 bits per heavy atom. The number of aliphatic hydroxyl groups excluding tert-OH is 1. The highest BCUT2D eigenvalue weighted by molar-refractivity contribution is 7.99. The van der Waals surface area contributed by atoms with Crippen molar-refractivity contribution in [2.75, 3.05) is 12.4 Å². The number of rotatable bonds is 7. The topological polar surface area (TPSA) is 116 Å². The predicted octanol–water partition coefficient (Wildman–Crippen LogP) is 3.04. The van der Waals surface area contributed by atoms with Crippen LogP contribution in [0.5, 0.6) is 0 Å². The Hall–Kier alpha value is -2.37. The summed E-state index contributed by atoms with van der Waals surface area (Å²) in [6.45, 7) is -0.0800. The molecule has 0 unspecified atom stereocenters. The molecular formula is C18H21N3O4S. The largest absolute Gasteiger partial charge is 0.396 e. The minimum atomic E-state index is -0.509. The van der Waals surface area contributed by atoms with Gasteiger partial charge < -0.3 is 10.4 Å². The van der Waals surface area contributed by atoms with Gasteiger partial charge >= 0.3 is 0 Å². The van der Waals surface area contributed by atoms with E-state index in [1.165, 1.54) is 23.9 Å². The quantitative estimate of drug-likeness (QED) is 0.249. The molecule has 8 heteroatoms. The number of hydrogen-bond donors (Lipinski definition) is 2. The summed E-state index contributed by atoms with van der Waals surface area (Å²) >= 11 is 1.18. The molecule has 0 saturated heterocycles. The van der Waals surface area contributed by atoms with E-state index in [9.17, 15) is 20.2 Å². The summed E-state index contributed by atoms with van der Waals surface area (Å²) in [5.41, 5.74) is 0.239. The Bertz CT molecular complexity index is 736. The number of aliphatic hydroxyl groups is 1. The van der Waals surface area contributed by atoms with Crippen LogP contribution < -0.4 is 5.32 Å². The Balaban J connectivity index is 2.19. The van der Waals surface area contributed by atoms with Crippen LogP contribution in [-0.4, -0.2) is 34.3 Å². The maximum atomic E-state index is 12.3. The van der Waals surface area contributed by atoms with Crippen LogP contribution in [0.15, 0.2) is 28.7 Å². The minimum absolute atomic E-state index is 0.0689. The molecule has 138 valence electrons. The van der Waals surface area contributed by atoms with Gasteiger partial charge in [-0.1, -0.05) is 25.3 Å². The van der Waals surface area contributed by atoms with Crippen molar-refractivity contribution in [3.63, 3.8) is 0 Å². The van der Waals surface area contributed by atoms with Gasteiger partial charge in [-0.25, -0.2) is 0 Å². The van der Waals surface area contributed by atoms with Gasteiger partial charge in [0.05, 0.1) is 16.4 Å². The van der Waals surface area contributed by atoms with Crippen molar-refractivity contribution in [2.24, 2.45) is 0 Å². The fourth-order valence-electron chi connectivity index (χ4n) is 2.87. The Kier molecular flexibility index (Phi) is 7.63. The van der Waals surface area contributed by atoms with Gasteiger partial charge in [0.15, 0.2) is 0 Å². The lowest BCUT2D eigenvalue weighted by molar-refractivity contribution is -0.387. The van der Waals surface area contributed by atoms with E-state index in [4.69, 9.17) is 5.11 Å². The summed E-state index contributed by atoms with van der Waals surface area (Å²) in [6, 6.07) is 6.49. The number of benzene rings is 1. The lowest BCUT2D eigenvalue weighted by Crippen LogP contribution is -2.36. The summed E-state index contributed by atoms with van der Waals surface area (Å²) in [4.78, 5) is 23.5. The maximum Gasteiger partial charge on any atom is 0.283 e. The monoisotopic (exact) mass is 375 g/mol. The SMILES string of the molecule is N#CC(=Cc1ccc(SCCO)c([N+](=O)[O-])c1)C(=O)NC1CCCCC1. The number of carbonyl (C=O) groups is 1. The molecule has 1 aromatic carbocycles. The zero-order chi connectivity index (χ0) is 18.9. The van der Waals surface area contributed by atoms with Crippen LogP contribution in [-0.2, 0) is 4.79 Å². The van der Waals surface area contributed by atoms with E-state index in [1.54, 1.807) is 12.1 Å². The molecule has 0 atom stereocenters. The standard InChI is InChI=1S/C18H21N3O4S/c19-12-14(18(23)20-15-4-2-1-3-5-15)10-13-6-7-17(26-9-8-22)16(11-13)21(24)25/h6-7,10-11,15,22H,1-5,8-9H2,(H,20,23). The van der Waals surface area contributed by atoms with Gasteiger partial charge in [-0.3, -0.25) is 14.9 Å². The van der Waals surface area contributed by atoms with Gasteiger partial charge in [-0.2, -0.15) is 5.26 Å². The van der Waals surface area contributed by atoms with Gasteiger partial charge in [0.1, 0.15) is 11.6 Å². The number of nitrogens with zero attached hydrogens (tertiary/aromatic N) is 2. The zero-order valence-electron chi connectivity index (χ0n) is 14.3. The first-order chi connectivity index (χ1) is 12.5. The second-order valence-electron chi connectivity index (χ2n) is 6.03. The lowest BCUT2D eigenvalue weighted by Gasteiger charge is -2.22. The van der Waals surface area contributed by atoms with Crippen molar-refractivity contribution < 1.29 is 14.8 Å². The first-order valence-corrected chi connectivity index (χ1v) is 9.48. The summed E-state index contributed by atoms with van der Waals surface area (Å²) in [5.74, 6) is -0.0933. The third-order valence-corrected chi connectivity index (χ3v) is 5.19. The molecule has 26 heavy (non-hydrogen) atoms. The fraction of sp³-hybridized carbons (Fsp3) is 0.444. The molecule has 0 bridgehead atoms. The highest BCUT2D eigenvalue weighted by atomic mass is 32.2. The number of nitro benzene ring substituents is 1. The molecule has 7 nitrogen and oxygen atoms in total. The molecule has 2 rings (SSSR count). The van der Waals surface area contributed by atoms with Crippen LogP contribution in [0.4, 0.5) is 5.69 Å². The number of carbonyl (C=O) groups excluding carboxylic acids is 1. The third kappa shape index (κ3) is 5.58. The van der Waals surface area contributed by atoms with E-state index < -0.39 is 10.8 Å². The number of hydrogen-bond acceptors (Lipinski definition) is 6. The van der Waals surface area contributed by atoms with Crippen molar-refractivity contribution >= 4 is 29.4 Å². The van der Waals surface area contributed by atoms with E-state index >= 15 is 0 Å². The summed E-state index contributed by atoms with van der Waals surface area (Å²) < 4.78 is 0. The molecule has 1 aromatic rings. The average molecular weight is 375 g/mol. The number of amides is 1. The zero-order valence-corrected chi connectivity index (χ0v) is 15.1. The summed E-state index contributed by atoms with van der Waals surface area (Å²) in [7, 11) is 0. The van der Waals surface area contributed by atoms with Gasteiger partial charge in [-0.15, -0.1) is 11.8 Å². The Morgan fingerprint density at radius 3 is 2.77 bits per heavy atom. The summed E-state index contributed by atoms with van der Waals surface area (Å²) in [6.07, 6.45) is 6.48. The van der Waals surface area contributed by atoms with Crippen molar-refractivity contribution in [3.05, 3.63) is 39.4 Å². The molecule has 1 aliphatic carbocycles. The third-order valence-electron chi connectivity index (χ3n) is 4.15. The van der Waals surface area contributed by atoms with Crippen molar-refractivity contribution in [2.45, 2.75) is 43.0 Å². The second-order valence-corrected chi connectivity index (χ2v) is 7.17.